The smallest absolute Gasteiger partial charge is 0.260 e. The number of thiophene rings is 1. The van der Waals surface area contributed by atoms with Gasteiger partial charge >= 0.3 is 0 Å². The first-order valence-electron chi connectivity index (χ1n) is 8.70. The third-order valence-electron chi connectivity index (χ3n) is 5.05. The quantitative estimate of drug-likeness (QED) is 0.740. The van der Waals surface area contributed by atoms with Crippen molar-refractivity contribution in [1.29, 1.82) is 0 Å². The van der Waals surface area contributed by atoms with Crippen LogP contribution in [0.3, 0.4) is 0 Å². The minimum atomic E-state index is -0.0454. The third kappa shape index (κ3) is 3.50. The minimum Gasteiger partial charge on any atom is -0.329 e. The summed E-state index contributed by atoms with van der Waals surface area (Å²) in [6, 6.07) is 7.57. The summed E-state index contributed by atoms with van der Waals surface area (Å²) < 4.78 is 0. The molecule has 0 radical (unpaired) electrons. The zero-order valence-electron chi connectivity index (χ0n) is 14.1. The van der Waals surface area contributed by atoms with Crippen molar-refractivity contribution in [2.75, 3.05) is 13.1 Å². The van der Waals surface area contributed by atoms with Gasteiger partial charge < -0.3 is 9.88 Å². The van der Waals surface area contributed by atoms with Crippen LogP contribution < -0.4 is 10.5 Å². The topological polar surface area (TPSA) is 50.2 Å². The molecule has 3 heterocycles. The third-order valence-corrected chi connectivity index (χ3v) is 6.17. The maximum Gasteiger partial charge on any atom is 0.260 e. The first-order valence-corrected chi connectivity index (χ1v) is 9.96. The molecule has 0 amide bonds. The Morgan fingerprint density at radius 1 is 1.28 bits per heavy atom. The normalized spacial score (nSPS) is 20.9. The molecule has 2 N–H and O–H groups in total. The zero-order valence-corrected chi connectivity index (χ0v) is 15.7. The van der Waals surface area contributed by atoms with Crippen molar-refractivity contribution in [1.82, 2.24) is 9.97 Å². The van der Waals surface area contributed by atoms with Gasteiger partial charge in [-0.1, -0.05) is 30.7 Å². The average molecular weight is 375 g/mol. The Labute approximate surface area is 155 Å². The monoisotopic (exact) mass is 374 g/mol. The summed E-state index contributed by atoms with van der Waals surface area (Å²) >= 11 is 7.50. The largest absolute Gasteiger partial charge is 0.329 e. The molecule has 1 aliphatic heterocycles. The van der Waals surface area contributed by atoms with Crippen LogP contribution in [0.2, 0.25) is 5.02 Å². The first kappa shape index (κ1) is 16.8. The fourth-order valence-electron chi connectivity index (χ4n) is 3.50. The van der Waals surface area contributed by atoms with Crippen LogP contribution in [0.4, 0.5) is 0 Å². The summed E-state index contributed by atoms with van der Waals surface area (Å²) in [5.74, 6) is 1.61. The number of aromatic amines is 1. The molecule has 0 aliphatic carbocycles. The lowest BCUT2D eigenvalue weighted by Crippen LogP contribution is -3.11. The van der Waals surface area contributed by atoms with E-state index in [0.717, 1.165) is 47.3 Å². The summed E-state index contributed by atoms with van der Waals surface area (Å²) in [6.07, 6.45) is 2.50. The van der Waals surface area contributed by atoms with E-state index in [1.165, 1.54) is 29.1 Å². The van der Waals surface area contributed by atoms with Crippen molar-refractivity contribution in [3.63, 3.8) is 0 Å². The summed E-state index contributed by atoms with van der Waals surface area (Å²) in [6.45, 7) is 5.42. The molecule has 4 nitrogen and oxygen atoms in total. The lowest BCUT2D eigenvalue weighted by Gasteiger charge is -2.26. The Kier molecular flexibility index (Phi) is 4.63. The number of piperidine rings is 1. The number of halogens is 1. The molecule has 0 unspecified atom stereocenters. The second-order valence-electron chi connectivity index (χ2n) is 6.96. The standard InChI is InChI=1S/C19H20ClN3OS/c1-12-6-8-23(9-7-12)10-16-21-18(24)17-15(11-25-19(17)22-16)13-2-4-14(20)5-3-13/h2-5,11-12H,6-10H2,1H3,(H,21,22,24)/p+1. The maximum absolute atomic E-state index is 12.7. The molecule has 0 spiro atoms. The fraction of sp³-hybridized carbons (Fsp3) is 0.368. The Bertz CT molecular complexity index is 939. The molecule has 0 atom stereocenters. The molecule has 2 aromatic heterocycles. The van der Waals surface area contributed by atoms with Crippen LogP contribution in [0.1, 0.15) is 25.6 Å². The van der Waals surface area contributed by atoms with E-state index in [1.54, 1.807) is 0 Å². The molecule has 0 saturated carbocycles. The number of likely N-dealkylation sites (tertiary alicyclic amines) is 1. The van der Waals surface area contributed by atoms with E-state index >= 15 is 0 Å². The van der Waals surface area contributed by atoms with Crippen LogP contribution in [0.15, 0.2) is 34.4 Å². The number of quaternary nitrogens is 1. The highest BCUT2D eigenvalue weighted by molar-refractivity contribution is 7.17. The Hall–Kier alpha value is -1.69. The molecule has 1 aliphatic rings. The number of aromatic nitrogens is 2. The van der Waals surface area contributed by atoms with Crippen LogP contribution >= 0.6 is 22.9 Å². The van der Waals surface area contributed by atoms with Gasteiger partial charge in [-0.05, 0) is 36.5 Å². The molecule has 25 heavy (non-hydrogen) atoms. The maximum atomic E-state index is 12.7. The van der Waals surface area contributed by atoms with E-state index in [0.29, 0.717) is 10.4 Å². The van der Waals surface area contributed by atoms with Crippen LogP contribution in [0.5, 0.6) is 0 Å². The molecule has 130 valence electrons. The van der Waals surface area contributed by atoms with Gasteiger partial charge in [0.15, 0.2) is 5.82 Å². The van der Waals surface area contributed by atoms with Gasteiger partial charge in [-0.3, -0.25) is 4.79 Å². The number of rotatable bonds is 3. The summed E-state index contributed by atoms with van der Waals surface area (Å²) in [4.78, 5) is 22.8. The van der Waals surface area contributed by atoms with Gasteiger partial charge in [0, 0.05) is 16.0 Å². The Morgan fingerprint density at radius 2 is 2.00 bits per heavy atom. The van der Waals surface area contributed by atoms with Gasteiger partial charge in [-0.15, -0.1) is 11.3 Å². The van der Waals surface area contributed by atoms with Gasteiger partial charge in [0.25, 0.3) is 5.56 Å². The van der Waals surface area contributed by atoms with Crippen molar-refractivity contribution >= 4 is 33.2 Å². The van der Waals surface area contributed by atoms with Crippen molar-refractivity contribution in [3.8, 4) is 11.1 Å². The Balaban J connectivity index is 1.65. The van der Waals surface area contributed by atoms with Crippen molar-refractivity contribution in [3.05, 3.63) is 50.8 Å². The van der Waals surface area contributed by atoms with E-state index in [1.807, 2.05) is 29.6 Å². The van der Waals surface area contributed by atoms with E-state index in [2.05, 4.69) is 11.9 Å². The molecule has 6 heteroatoms. The van der Waals surface area contributed by atoms with Gasteiger partial charge in [-0.25, -0.2) is 4.98 Å². The lowest BCUT2D eigenvalue weighted by atomic mass is 9.99. The highest BCUT2D eigenvalue weighted by Gasteiger charge is 2.21. The number of H-pyrrole nitrogens is 1. The van der Waals surface area contributed by atoms with E-state index in [9.17, 15) is 4.79 Å². The van der Waals surface area contributed by atoms with Gasteiger partial charge in [0.05, 0.1) is 18.5 Å². The van der Waals surface area contributed by atoms with Gasteiger partial charge in [0.2, 0.25) is 0 Å². The fourth-order valence-corrected chi connectivity index (χ4v) is 4.60. The SMILES string of the molecule is CC1CC[NH+](Cc2nc3scc(-c4ccc(Cl)cc4)c3c(=O)[nH]2)CC1. The predicted molar refractivity (Wildman–Crippen MR) is 103 cm³/mol. The summed E-state index contributed by atoms with van der Waals surface area (Å²) in [5, 5.41) is 3.38. The molecule has 3 aromatic rings. The number of fused-ring (bicyclic) bond motifs is 1. The van der Waals surface area contributed by atoms with Crippen LogP contribution in [0.25, 0.3) is 21.3 Å². The first-order chi connectivity index (χ1) is 12.1. The van der Waals surface area contributed by atoms with Crippen LogP contribution in [-0.2, 0) is 6.54 Å². The molecular formula is C19H21ClN3OS+. The van der Waals surface area contributed by atoms with Gasteiger partial charge in [0.1, 0.15) is 11.4 Å². The molecule has 1 aromatic carbocycles. The van der Waals surface area contributed by atoms with Gasteiger partial charge in [-0.2, -0.15) is 0 Å². The molecular weight excluding hydrogens is 354 g/mol. The second-order valence-corrected chi connectivity index (χ2v) is 8.25. The van der Waals surface area contributed by atoms with E-state index in [-0.39, 0.29) is 5.56 Å². The van der Waals surface area contributed by atoms with Crippen LogP contribution in [-0.4, -0.2) is 23.1 Å². The van der Waals surface area contributed by atoms with E-state index in [4.69, 9.17) is 16.6 Å². The number of benzene rings is 1. The minimum absolute atomic E-state index is 0.0454. The zero-order chi connectivity index (χ0) is 17.4. The molecule has 1 fully saturated rings. The molecule has 4 rings (SSSR count). The summed E-state index contributed by atoms with van der Waals surface area (Å²) in [5.41, 5.74) is 1.87. The van der Waals surface area contributed by atoms with E-state index < -0.39 is 0 Å². The second kappa shape index (κ2) is 6.90. The highest BCUT2D eigenvalue weighted by atomic mass is 35.5. The van der Waals surface area contributed by atoms with Crippen molar-refractivity contribution in [2.45, 2.75) is 26.3 Å². The van der Waals surface area contributed by atoms with Crippen LogP contribution in [0, 0.1) is 5.92 Å². The summed E-state index contributed by atoms with van der Waals surface area (Å²) in [7, 11) is 0. The van der Waals surface area contributed by atoms with Crippen molar-refractivity contribution in [2.24, 2.45) is 5.92 Å². The number of hydrogen-bond donors (Lipinski definition) is 2. The van der Waals surface area contributed by atoms with Crippen molar-refractivity contribution < 1.29 is 4.90 Å². The predicted octanol–water partition coefficient (Wildman–Crippen LogP) is 3.12. The number of nitrogens with zero attached hydrogens (tertiary/aromatic N) is 1. The number of nitrogens with one attached hydrogen (secondary N) is 2. The molecule has 1 saturated heterocycles. The number of hydrogen-bond acceptors (Lipinski definition) is 3. The average Bonchev–Trinajstić information content (AvgIpc) is 3.02. The lowest BCUT2D eigenvalue weighted by molar-refractivity contribution is -0.920. The Morgan fingerprint density at radius 3 is 2.72 bits per heavy atom. The highest BCUT2D eigenvalue weighted by Crippen LogP contribution is 2.31. The molecule has 0 bridgehead atoms.